The highest BCUT2D eigenvalue weighted by atomic mass is 35.5. The minimum atomic E-state index is -0.521. The summed E-state index contributed by atoms with van der Waals surface area (Å²) in [4.78, 5) is 0. The predicted octanol–water partition coefficient (Wildman–Crippen LogP) is 5.22. The zero-order valence-corrected chi connectivity index (χ0v) is 16.5. The molecule has 26 heavy (non-hydrogen) atoms. The van der Waals surface area contributed by atoms with E-state index >= 15 is 0 Å². The summed E-state index contributed by atoms with van der Waals surface area (Å²) >= 11 is 6.09. The molecule has 2 aromatic rings. The van der Waals surface area contributed by atoms with Gasteiger partial charge in [0, 0.05) is 29.9 Å². The molecule has 2 unspecified atom stereocenters. The van der Waals surface area contributed by atoms with Crippen LogP contribution in [-0.4, -0.2) is 25.4 Å². The standard InChI is InChI=1S/C21H26ClNO3/c1-5-24-19-17-12-16(23-4)9-10-18(17)26-21(2,3)20(19)25-13-14-7-6-8-15(22)11-14/h6-12,19-20,23H,5,13H2,1-4H3. The Bertz CT molecular complexity index is 763. The molecule has 0 bridgehead atoms. The van der Waals surface area contributed by atoms with Crippen LogP contribution in [-0.2, 0) is 16.1 Å². The summed E-state index contributed by atoms with van der Waals surface area (Å²) in [6.45, 7) is 7.12. The van der Waals surface area contributed by atoms with Gasteiger partial charge in [-0.1, -0.05) is 23.7 Å². The average molecular weight is 376 g/mol. The summed E-state index contributed by atoms with van der Waals surface area (Å²) in [6.07, 6.45) is -0.452. The van der Waals surface area contributed by atoms with Gasteiger partial charge in [0.25, 0.3) is 0 Å². The Labute approximate surface area is 160 Å². The molecule has 1 N–H and O–H groups in total. The molecule has 0 saturated heterocycles. The largest absolute Gasteiger partial charge is 0.485 e. The quantitative estimate of drug-likeness (QED) is 0.751. The molecule has 0 spiro atoms. The van der Waals surface area contributed by atoms with Gasteiger partial charge >= 0.3 is 0 Å². The van der Waals surface area contributed by atoms with E-state index < -0.39 is 5.60 Å². The molecule has 3 rings (SSSR count). The van der Waals surface area contributed by atoms with Gasteiger partial charge in [-0.3, -0.25) is 0 Å². The fourth-order valence-electron chi connectivity index (χ4n) is 3.35. The van der Waals surface area contributed by atoms with Crippen molar-refractivity contribution in [2.75, 3.05) is 19.0 Å². The smallest absolute Gasteiger partial charge is 0.132 e. The van der Waals surface area contributed by atoms with E-state index in [-0.39, 0.29) is 12.2 Å². The fourth-order valence-corrected chi connectivity index (χ4v) is 3.56. The highest BCUT2D eigenvalue weighted by Crippen LogP contribution is 2.44. The van der Waals surface area contributed by atoms with Crippen LogP contribution in [0.25, 0.3) is 0 Å². The van der Waals surface area contributed by atoms with E-state index in [0.29, 0.717) is 18.2 Å². The number of ether oxygens (including phenoxy) is 3. The third-order valence-corrected chi connectivity index (χ3v) is 4.84. The predicted molar refractivity (Wildman–Crippen MR) is 105 cm³/mol. The van der Waals surface area contributed by atoms with Crippen molar-refractivity contribution in [3.8, 4) is 5.75 Å². The lowest BCUT2D eigenvalue weighted by atomic mass is 9.87. The van der Waals surface area contributed by atoms with Gasteiger partial charge in [-0.15, -0.1) is 0 Å². The molecule has 5 heteroatoms. The first-order valence-electron chi connectivity index (χ1n) is 8.93. The highest BCUT2D eigenvalue weighted by Gasteiger charge is 2.45. The van der Waals surface area contributed by atoms with Crippen LogP contribution in [0.5, 0.6) is 5.75 Å². The van der Waals surface area contributed by atoms with E-state index in [4.69, 9.17) is 25.8 Å². The number of benzene rings is 2. The van der Waals surface area contributed by atoms with Crippen molar-refractivity contribution in [2.24, 2.45) is 0 Å². The minimum Gasteiger partial charge on any atom is -0.485 e. The Morgan fingerprint density at radius 2 is 1.96 bits per heavy atom. The van der Waals surface area contributed by atoms with Crippen molar-refractivity contribution in [2.45, 2.75) is 45.2 Å². The van der Waals surface area contributed by atoms with E-state index in [9.17, 15) is 0 Å². The molecule has 2 aromatic carbocycles. The van der Waals surface area contributed by atoms with Crippen LogP contribution in [0.15, 0.2) is 42.5 Å². The van der Waals surface area contributed by atoms with Crippen LogP contribution in [0, 0.1) is 0 Å². The Hall–Kier alpha value is -1.75. The lowest BCUT2D eigenvalue weighted by Gasteiger charge is -2.44. The van der Waals surface area contributed by atoms with Crippen LogP contribution >= 0.6 is 11.6 Å². The number of fused-ring (bicyclic) bond motifs is 1. The average Bonchev–Trinajstić information content (AvgIpc) is 2.60. The summed E-state index contributed by atoms with van der Waals surface area (Å²) in [5, 5.41) is 3.88. The molecule has 1 heterocycles. The maximum absolute atomic E-state index is 6.31. The molecule has 2 atom stereocenters. The first-order valence-corrected chi connectivity index (χ1v) is 9.30. The van der Waals surface area contributed by atoms with Gasteiger partial charge in [0.05, 0.1) is 6.61 Å². The van der Waals surface area contributed by atoms with Gasteiger partial charge in [-0.25, -0.2) is 0 Å². The van der Waals surface area contributed by atoms with Gasteiger partial charge < -0.3 is 19.5 Å². The molecule has 1 aliphatic rings. The molecule has 0 fully saturated rings. The number of hydrogen-bond donors (Lipinski definition) is 1. The second-order valence-electron chi connectivity index (χ2n) is 6.95. The third-order valence-electron chi connectivity index (χ3n) is 4.60. The topological polar surface area (TPSA) is 39.7 Å². The van der Waals surface area contributed by atoms with Crippen molar-refractivity contribution < 1.29 is 14.2 Å². The number of anilines is 1. The van der Waals surface area contributed by atoms with Crippen LogP contribution < -0.4 is 10.1 Å². The lowest BCUT2D eigenvalue weighted by molar-refractivity contribution is -0.165. The van der Waals surface area contributed by atoms with Crippen molar-refractivity contribution in [1.29, 1.82) is 0 Å². The van der Waals surface area contributed by atoms with E-state index in [0.717, 1.165) is 22.6 Å². The van der Waals surface area contributed by atoms with Gasteiger partial charge in [0.2, 0.25) is 0 Å². The molecule has 0 radical (unpaired) electrons. The first kappa shape index (κ1) is 19.0. The summed E-state index contributed by atoms with van der Waals surface area (Å²) < 4.78 is 18.7. The highest BCUT2D eigenvalue weighted by molar-refractivity contribution is 6.30. The van der Waals surface area contributed by atoms with E-state index in [1.807, 2.05) is 64.2 Å². The van der Waals surface area contributed by atoms with Crippen molar-refractivity contribution >= 4 is 17.3 Å². The summed E-state index contributed by atoms with van der Waals surface area (Å²) in [5.74, 6) is 0.843. The normalized spacial score (nSPS) is 21.0. The summed E-state index contributed by atoms with van der Waals surface area (Å²) in [5.41, 5.74) is 2.53. The maximum atomic E-state index is 6.31. The van der Waals surface area contributed by atoms with Crippen molar-refractivity contribution in [1.82, 2.24) is 0 Å². The summed E-state index contributed by atoms with van der Waals surface area (Å²) in [6, 6.07) is 13.8. The number of hydrogen-bond acceptors (Lipinski definition) is 4. The van der Waals surface area contributed by atoms with E-state index in [2.05, 4.69) is 11.4 Å². The number of nitrogens with one attached hydrogen (secondary N) is 1. The van der Waals surface area contributed by atoms with E-state index in [1.54, 1.807) is 0 Å². The zero-order valence-electron chi connectivity index (χ0n) is 15.7. The SMILES string of the molecule is CCOC1c2cc(NC)ccc2OC(C)(C)C1OCc1cccc(Cl)c1. The van der Waals surface area contributed by atoms with Crippen molar-refractivity contribution in [3.63, 3.8) is 0 Å². The lowest BCUT2D eigenvalue weighted by Crippen LogP contribution is -2.51. The number of rotatable bonds is 6. The molecular weight excluding hydrogens is 350 g/mol. The van der Waals surface area contributed by atoms with Gasteiger partial charge in [0.15, 0.2) is 0 Å². The Morgan fingerprint density at radius 1 is 1.15 bits per heavy atom. The Kier molecular flexibility index (Phi) is 5.76. The fraction of sp³-hybridized carbons (Fsp3) is 0.429. The summed E-state index contributed by atoms with van der Waals surface area (Å²) in [7, 11) is 1.90. The van der Waals surface area contributed by atoms with Gasteiger partial charge in [-0.2, -0.15) is 0 Å². The van der Waals surface area contributed by atoms with Crippen LogP contribution in [0.1, 0.15) is 38.0 Å². The van der Waals surface area contributed by atoms with Gasteiger partial charge in [0.1, 0.15) is 23.6 Å². The second-order valence-corrected chi connectivity index (χ2v) is 7.38. The van der Waals surface area contributed by atoms with Gasteiger partial charge in [-0.05, 0) is 56.7 Å². The molecule has 0 aliphatic carbocycles. The molecule has 140 valence electrons. The molecule has 0 amide bonds. The monoisotopic (exact) mass is 375 g/mol. The molecule has 4 nitrogen and oxygen atoms in total. The maximum Gasteiger partial charge on any atom is 0.132 e. The number of halogens is 1. The third kappa shape index (κ3) is 3.98. The Balaban J connectivity index is 1.90. The van der Waals surface area contributed by atoms with Crippen LogP contribution in [0.3, 0.4) is 0 Å². The molecule has 0 saturated carbocycles. The second kappa shape index (κ2) is 7.87. The van der Waals surface area contributed by atoms with Crippen LogP contribution in [0.2, 0.25) is 5.02 Å². The van der Waals surface area contributed by atoms with Crippen molar-refractivity contribution in [3.05, 3.63) is 58.6 Å². The van der Waals surface area contributed by atoms with E-state index in [1.165, 1.54) is 0 Å². The zero-order chi connectivity index (χ0) is 18.7. The molecule has 1 aliphatic heterocycles. The van der Waals surface area contributed by atoms with Crippen LogP contribution in [0.4, 0.5) is 5.69 Å². The minimum absolute atomic E-state index is 0.203. The first-order chi connectivity index (χ1) is 12.4. The molecule has 0 aromatic heterocycles. The Morgan fingerprint density at radius 3 is 2.65 bits per heavy atom. The molecular formula is C21H26ClNO3.